The topological polar surface area (TPSA) is 111 Å². The van der Waals surface area contributed by atoms with Crippen molar-refractivity contribution in [2.75, 3.05) is 57.9 Å². The molecule has 0 aliphatic carbocycles. The summed E-state index contributed by atoms with van der Waals surface area (Å²) < 4.78 is 6.00. The van der Waals surface area contributed by atoms with E-state index in [1.54, 1.807) is 22.3 Å². The van der Waals surface area contributed by atoms with Gasteiger partial charge in [0.25, 0.3) is 5.91 Å². The Morgan fingerprint density at radius 3 is 2.47 bits per heavy atom. The van der Waals surface area contributed by atoms with E-state index >= 15 is 0 Å². The van der Waals surface area contributed by atoms with Gasteiger partial charge < -0.3 is 35.4 Å². The van der Waals surface area contributed by atoms with E-state index < -0.39 is 12.2 Å². The van der Waals surface area contributed by atoms with Crippen molar-refractivity contribution < 1.29 is 19.1 Å². The number of benzene rings is 1. The first kappa shape index (κ1) is 31.4. The summed E-state index contributed by atoms with van der Waals surface area (Å²) >= 11 is 8.02. The lowest BCUT2D eigenvalue weighted by atomic mass is 9.99. The SMILES string of the molecule is CCc1cc(C[C@@H](OC(=O)N2CCC(N3CCc4cscc4NC3=O)CC2)C(=O)N2CCC(N(C)C)CC2)cc(Cl)c1N. The number of hydrogen-bond acceptors (Lipinski definition) is 7. The van der Waals surface area contributed by atoms with Gasteiger partial charge >= 0.3 is 12.1 Å². The van der Waals surface area contributed by atoms with Crippen molar-refractivity contribution in [2.24, 2.45) is 0 Å². The lowest BCUT2D eigenvalue weighted by Crippen LogP contribution is -2.52. The Bertz CT molecular complexity index is 1320. The fourth-order valence-corrected chi connectivity index (χ4v) is 7.49. The molecule has 2 aromatic rings. The van der Waals surface area contributed by atoms with Crippen molar-refractivity contribution in [3.8, 4) is 0 Å². The van der Waals surface area contributed by atoms with Crippen LogP contribution in [0, 0.1) is 0 Å². The van der Waals surface area contributed by atoms with Gasteiger partial charge in [0.2, 0.25) is 0 Å². The van der Waals surface area contributed by atoms with Crippen LogP contribution in [0.1, 0.15) is 49.3 Å². The van der Waals surface area contributed by atoms with Crippen LogP contribution >= 0.6 is 22.9 Å². The van der Waals surface area contributed by atoms with Gasteiger partial charge in [-0.05, 0) is 80.8 Å². The number of urea groups is 1. The molecule has 0 spiro atoms. The summed E-state index contributed by atoms with van der Waals surface area (Å²) in [5.41, 5.74) is 10.5. The monoisotopic (exact) mass is 630 g/mol. The summed E-state index contributed by atoms with van der Waals surface area (Å²) in [6, 6.07) is 4.09. The number of nitrogens with zero attached hydrogens (tertiary/aromatic N) is 4. The summed E-state index contributed by atoms with van der Waals surface area (Å²) in [4.78, 5) is 47.8. The molecule has 2 fully saturated rings. The highest BCUT2D eigenvalue weighted by Crippen LogP contribution is 2.29. The van der Waals surface area contributed by atoms with Gasteiger partial charge in [0, 0.05) is 56.6 Å². The Morgan fingerprint density at radius 2 is 1.79 bits per heavy atom. The lowest BCUT2D eigenvalue weighted by molar-refractivity contribution is -0.142. The third kappa shape index (κ3) is 7.21. The summed E-state index contributed by atoms with van der Waals surface area (Å²) in [7, 11) is 4.12. The van der Waals surface area contributed by atoms with Crippen LogP contribution in [-0.4, -0.2) is 103 Å². The van der Waals surface area contributed by atoms with E-state index in [4.69, 9.17) is 22.1 Å². The summed E-state index contributed by atoms with van der Waals surface area (Å²) in [6.07, 6.45) is 3.31. The minimum Gasteiger partial charge on any atom is -0.436 e. The smallest absolute Gasteiger partial charge is 0.410 e. The van der Waals surface area contributed by atoms with Crippen molar-refractivity contribution in [1.29, 1.82) is 0 Å². The Labute approximate surface area is 263 Å². The molecule has 0 unspecified atom stereocenters. The number of thiophene rings is 1. The molecule has 10 nitrogen and oxygen atoms in total. The van der Waals surface area contributed by atoms with Crippen LogP contribution in [0.25, 0.3) is 0 Å². The molecule has 1 aromatic heterocycles. The standard InChI is InChI=1S/C31H43ClN6O4S/c1-4-21-15-20(16-25(32)28(21)33)17-27(29(39)36-10-6-23(7-11-36)35(2)3)42-31(41)37-12-8-24(9-13-37)38-14-5-22-18-43-19-26(22)34-30(38)40/h15-16,18-19,23-24,27H,4-14,17,33H2,1-3H3,(H,34,40)/t27-/m1/s1. The number of nitrogens with one attached hydrogen (secondary N) is 1. The molecule has 12 heteroatoms. The number of anilines is 2. The molecule has 4 heterocycles. The quantitative estimate of drug-likeness (QED) is 0.429. The number of aryl methyl sites for hydroxylation is 1. The molecule has 234 valence electrons. The van der Waals surface area contributed by atoms with Crippen molar-refractivity contribution in [3.05, 3.63) is 44.6 Å². The number of hydrogen-bond donors (Lipinski definition) is 2. The molecule has 3 aliphatic heterocycles. The molecule has 3 aliphatic rings. The molecule has 3 N–H and O–H groups in total. The fraction of sp³-hybridized carbons (Fsp3) is 0.581. The van der Waals surface area contributed by atoms with Gasteiger partial charge in [-0.3, -0.25) is 4.79 Å². The van der Waals surface area contributed by atoms with E-state index in [0.717, 1.165) is 41.6 Å². The minimum absolute atomic E-state index is 0.0385. The van der Waals surface area contributed by atoms with Crippen LogP contribution in [0.15, 0.2) is 22.9 Å². The van der Waals surface area contributed by atoms with Crippen molar-refractivity contribution in [3.63, 3.8) is 0 Å². The lowest BCUT2D eigenvalue weighted by Gasteiger charge is -2.39. The average molecular weight is 631 g/mol. The van der Waals surface area contributed by atoms with Gasteiger partial charge in [0.1, 0.15) is 0 Å². The van der Waals surface area contributed by atoms with E-state index in [1.807, 2.05) is 28.2 Å². The molecular formula is C31H43ClN6O4S. The van der Waals surface area contributed by atoms with Crippen LogP contribution in [0.3, 0.4) is 0 Å². The number of nitrogens with two attached hydrogens (primary N) is 1. The molecule has 1 atom stereocenters. The highest BCUT2D eigenvalue weighted by atomic mass is 35.5. The fourth-order valence-electron chi connectivity index (χ4n) is 6.41. The second-order valence-electron chi connectivity index (χ2n) is 12.0. The van der Waals surface area contributed by atoms with E-state index in [0.29, 0.717) is 68.7 Å². The highest BCUT2D eigenvalue weighted by Gasteiger charge is 2.36. The number of carbonyl (C=O) groups is 3. The molecule has 0 radical (unpaired) electrons. The largest absolute Gasteiger partial charge is 0.436 e. The molecule has 0 saturated carbocycles. The van der Waals surface area contributed by atoms with Gasteiger partial charge in [0.05, 0.1) is 16.4 Å². The average Bonchev–Trinajstić information content (AvgIpc) is 3.38. The number of piperidine rings is 2. The number of nitrogen functional groups attached to an aromatic ring is 1. The summed E-state index contributed by atoms with van der Waals surface area (Å²) in [5, 5.41) is 7.53. The number of halogens is 1. The number of likely N-dealkylation sites (tertiary alicyclic amines) is 2. The summed E-state index contributed by atoms with van der Waals surface area (Å²) in [5.74, 6) is -0.181. The van der Waals surface area contributed by atoms with E-state index in [-0.39, 0.29) is 24.4 Å². The van der Waals surface area contributed by atoms with Gasteiger partial charge in [0.15, 0.2) is 6.10 Å². The summed E-state index contributed by atoms with van der Waals surface area (Å²) in [6.45, 7) is 4.80. The number of rotatable bonds is 7. The molecule has 5 rings (SSSR count). The zero-order chi connectivity index (χ0) is 30.7. The minimum atomic E-state index is -0.972. The third-order valence-electron chi connectivity index (χ3n) is 9.13. The van der Waals surface area contributed by atoms with E-state index in [9.17, 15) is 14.4 Å². The highest BCUT2D eigenvalue weighted by molar-refractivity contribution is 7.08. The molecular weight excluding hydrogens is 588 g/mol. The van der Waals surface area contributed by atoms with Crippen molar-refractivity contribution >= 4 is 52.3 Å². The number of carbonyl (C=O) groups excluding carboxylic acids is 3. The molecule has 43 heavy (non-hydrogen) atoms. The normalized spacial score (nSPS) is 19.2. The third-order valence-corrected chi connectivity index (χ3v) is 10.2. The zero-order valence-electron chi connectivity index (χ0n) is 25.3. The first-order chi connectivity index (χ1) is 20.6. The van der Waals surface area contributed by atoms with E-state index in [1.165, 1.54) is 0 Å². The maximum absolute atomic E-state index is 13.8. The van der Waals surface area contributed by atoms with Crippen LogP contribution in [0.5, 0.6) is 0 Å². The number of amides is 4. The van der Waals surface area contributed by atoms with Crippen molar-refractivity contribution in [2.45, 2.75) is 70.1 Å². The Morgan fingerprint density at radius 1 is 1.09 bits per heavy atom. The van der Waals surface area contributed by atoms with Gasteiger partial charge in [-0.15, -0.1) is 11.3 Å². The Balaban J connectivity index is 1.24. The second-order valence-corrected chi connectivity index (χ2v) is 13.2. The van der Waals surface area contributed by atoms with Crippen molar-refractivity contribution in [1.82, 2.24) is 19.6 Å². The molecule has 1 aromatic carbocycles. The predicted molar refractivity (Wildman–Crippen MR) is 171 cm³/mol. The Kier molecular flexibility index (Phi) is 10.0. The van der Waals surface area contributed by atoms with Crippen LogP contribution in [-0.2, 0) is 28.8 Å². The van der Waals surface area contributed by atoms with Gasteiger partial charge in [-0.25, -0.2) is 9.59 Å². The maximum atomic E-state index is 13.8. The van der Waals surface area contributed by atoms with E-state index in [2.05, 4.69) is 29.7 Å². The first-order valence-corrected chi connectivity index (χ1v) is 16.6. The number of fused-ring (bicyclic) bond motifs is 1. The predicted octanol–water partition coefficient (Wildman–Crippen LogP) is 4.70. The number of ether oxygens (including phenoxy) is 1. The molecule has 4 amide bonds. The maximum Gasteiger partial charge on any atom is 0.410 e. The van der Waals surface area contributed by atoms with Crippen LogP contribution < -0.4 is 11.1 Å². The molecule has 0 bridgehead atoms. The molecule has 2 saturated heterocycles. The van der Waals surface area contributed by atoms with Gasteiger partial charge in [-0.2, -0.15) is 0 Å². The van der Waals surface area contributed by atoms with Gasteiger partial charge in [-0.1, -0.05) is 24.6 Å². The van der Waals surface area contributed by atoms with Crippen LogP contribution in [0.4, 0.5) is 21.0 Å². The first-order valence-electron chi connectivity index (χ1n) is 15.2. The zero-order valence-corrected chi connectivity index (χ0v) is 26.9. The second kappa shape index (κ2) is 13.7. The Hall–Kier alpha value is -3.02. The van der Waals surface area contributed by atoms with Crippen LogP contribution in [0.2, 0.25) is 5.02 Å².